The van der Waals surface area contributed by atoms with E-state index in [-0.39, 0.29) is 23.6 Å². The van der Waals surface area contributed by atoms with Crippen molar-refractivity contribution in [3.63, 3.8) is 0 Å². The first-order valence-corrected chi connectivity index (χ1v) is 11.2. The van der Waals surface area contributed by atoms with Crippen molar-refractivity contribution in [2.24, 2.45) is 0 Å². The fraction of sp³-hybridized carbons (Fsp3) is 0.600. The Labute approximate surface area is 173 Å². The second kappa shape index (κ2) is 8.62. The number of aliphatic hydroxyl groups excluding tert-OH is 1. The molecule has 4 rings (SSSR count). The summed E-state index contributed by atoms with van der Waals surface area (Å²) in [5.74, 6) is 0.638. The summed E-state index contributed by atoms with van der Waals surface area (Å²) in [6, 6.07) is 3.17. The van der Waals surface area contributed by atoms with Gasteiger partial charge in [-0.3, -0.25) is 9.59 Å². The van der Waals surface area contributed by atoms with Gasteiger partial charge in [-0.25, -0.2) is 9.67 Å². The molecule has 29 heavy (non-hydrogen) atoms. The van der Waals surface area contributed by atoms with Gasteiger partial charge < -0.3 is 15.3 Å². The van der Waals surface area contributed by atoms with Crippen LogP contribution in [0, 0.1) is 6.92 Å². The number of nitrogens with zero attached hydrogens (tertiary/aromatic N) is 4. The summed E-state index contributed by atoms with van der Waals surface area (Å²) in [5, 5.41) is 17.9. The van der Waals surface area contributed by atoms with Crippen LogP contribution in [0.1, 0.15) is 59.9 Å². The first-order valence-electron chi connectivity index (χ1n) is 10.3. The smallest absolute Gasteiger partial charge is 0.267 e. The van der Waals surface area contributed by atoms with Gasteiger partial charge in [0.25, 0.3) is 11.5 Å². The molecule has 3 heterocycles. The Morgan fingerprint density at radius 3 is 2.86 bits per heavy atom. The minimum atomic E-state index is -0.519. The van der Waals surface area contributed by atoms with Gasteiger partial charge in [-0.15, -0.1) is 11.3 Å². The fourth-order valence-corrected chi connectivity index (χ4v) is 5.06. The van der Waals surface area contributed by atoms with Gasteiger partial charge in [0.1, 0.15) is 10.7 Å². The van der Waals surface area contributed by atoms with E-state index in [9.17, 15) is 14.7 Å². The number of carbonyl (C=O) groups excluding carboxylic acids is 1. The van der Waals surface area contributed by atoms with Crippen LogP contribution in [-0.4, -0.2) is 51.0 Å². The van der Waals surface area contributed by atoms with E-state index in [1.165, 1.54) is 22.1 Å². The summed E-state index contributed by atoms with van der Waals surface area (Å²) in [6.07, 6.45) is 4.95. The highest BCUT2D eigenvalue weighted by atomic mass is 32.1. The van der Waals surface area contributed by atoms with Crippen molar-refractivity contribution in [3.05, 3.63) is 38.6 Å². The molecule has 1 saturated heterocycles. The number of hydrogen-bond acceptors (Lipinski definition) is 7. The van der Waals surface area contributed by atoms with Gasteiger partial charge in [-0.2, -0.15) is 5.10 Å². The van der Waals surface area contributed by atoms with Gasteiger partial charge in [-0.05, 0) is 51.5 Å². The van der Waals surface area contributed by atoms with E-state index >= 15 is 0 Å². The maximum atomic E-state index is 12.5. The maximum Gasteiger partial charge on any atom is 0.267 e. The molecule has 1 aliphatic carbocycles. The number of thiazole rings is 1. The molecular weight excluding hydrogens is 390 g/mol. The van der Waals surface area contributed by atoms with Crippen LogP contribution < -0.4 is 15.8 Å². The second-order valence-electron chi connectivity index (χ2n) is 7.86. The Kier molecular flexibility index (Phi) is 5.96. The summed E-state index contributed by atoms with van der Waals surface area (Å²) in [7, 11) is 0. The van der Waals surface area contributed by atoms with Crippen LogP contribution >= 0.6 is 11.3 Å². The van der Waals surface area contributed by atoms with Crippen molar-refractivity contribution in [3.8, 4) is 0 Å². The maximum absolute atomic E-state index is 12.5. The standard InChI is InChI=1S/C20H27N5O3S/c1-13-19(29-12-22-13)20(28)21-11-14-5-2-3-10-24(14)17-8-9-18(27)25(23-17)15-6-4-7-16(15)26/h8-9,12,14-16,26H,2-7,10-11H2,1H3,(H,21,28). The quantitative estimate of drug-likeness (QED) is 0.771. The predicted octanol–water partition coefficient (Wildman–Crippen LogP) is 1.88. The molecule has 2 aromatic rings. The number of carbonyl (C=O) groups is 1. The van der Waals surface area contributed by atoms with Gasteiger partial charge >= 0.3 is 0 Å². The number of rotatable bonds is 5. The monoisotopic (exact) mass is 417 g/mol. The number of anilines is 1. The lowest BCUT2D eigenvalue weighted by Crippen LogP contribution is -2.48. The molecule has 8 nitrogen and oxygen atoms in total. The number of piperidine rings is 1. The van der Waals surface area contributed by atoms with Crippen LogP contribution in [0.15, 0.2) is 22.4 Å². The van der Waals surface area contributed by atoms with Crippen molar-refractivity contribution in [1.29, 1.82) is 0 Å². The van der Waals surface area contributed by atoms with Gasteiger partial charge in [0, 0.05) is 25.2 Å². The van der Waals surface area contributed by atoms with E-state index in [0.717, 1.165) is 50.2 Å². The number of hydrogen-bond donors (Lipinski definition) is 2. The van der Waals surface area contributed by atoms with Crippen LogP contribution in [0.2, 0.25) is 0 Å². The van der Waals surface area contributed by atoms with Gasteiger partial charge in [-0.1, -0.05) is 0 Å². The molecule has 2 N–H and O–H groups in total. The first-order chi connectivity index (χ1) is 14.0. The van der Waals surface area contributed by atoms with Crippen LogP contribution in [0.5, 0.6) is 0 Å². The molecule has 1 saturated carbocycles. The number of amides is 1. The predicted molar refractivity (Wildman–Crippen MR) is 112 cm³/mol. The highest BCUT2D eigenvalue weighted by molar-refractivity contribution is 7.11. The second-order valence-corrected chi connectivity index (χ2v) is 8.71. The minimum Gasteiger partial charge on any atom is -0.391 e. The largest absolute Gasteiger partial charge is 0.391 e. The lowest BCUT2D eigenvalue weighted by atomic mass is 10.0. The SMILES string of the molecule is Cc1ncsc1C(=O)NCC1CCCCN1c1ccc(=O)n(C2CCCC2O)n1. The lowest BCUT2D eigenvalue weighted by molar-refractivity contribution is 0.0952. The molecule has 156 valence electrons. The van der Waals surface area contributed by atoms with E-state index in [1.54, 1.807) is 11.6 Å². The summed E-state index contributed by atoms with van der Waals surface area (Å²) in [6.45, 7) is 3.19. The third kappa shape index (κ3) is 4.20. The normalized spacial score (nSPS) is 24.6. The highest BCUT2D eigenvalue weighted by Crippen LogP contribution is 2.29. The first kappa shape index (κ1) is 20.0. The number of aromatic nitrogens is 3. The van der Waals surface area contributed by atoms with Crippen molar-refractivity contribution in [2.75, 3.05) is 18.0 Å². The zero-order valence-electron chi connectivity index (χ0n) is 16.6. The third-order valence-electron chi connectivity index (χ3n) is 5.94. The van der Waals surface area contributed by atoms with Crippen LogP contribution in [-0.2, 0) is 0 Å². The van der Waals surface area contributed by atoms with E-state index in [4.69, 9.17) is 0 Å². The van der Waals surface area contributed by atoms with Crippen LogP contribution in [0.4, 0.5) is 5.82 Å². The van der Waals surface area contributed by atoms with Gasteiger partial charge in [0.2, 0.25) is 0 Å². The molecule has 3 unspecified atom stereocenters. The molecule has 0 spiro atoms. The number of aryl methyl sites for hydroxylation is 1. The summed E-state index contributed by atoms with van der Waals surface area (Å²) >= 11 is 1.35. The molecule has 0 bridgehead atoms. The van der Waals surface area contributed by atoms with E-state index in [2.05, 4.69) is 20.3 Å². The molecule has 0 aromatic carbocycles. The average Bonchev–Trinajstić information content (AvgIpc) is 3.35. The summed E-state index contributed by atoms with van der Waals surface area (Å²) in [5.41, 5.74) is 2.25. The van der Waals surface area contributed by atoms with Gasteiger partial charge in [0.05, 0.1) is 23.4 Å². The Balaban J connectivity index is 1.51. The number of aliphatic hydroxyl groups is 1. The average molecular weight is 418 g/mol. The molecule has 3 atom stereocenters. The van der Waals surface area contributed by atoms with Crippen molar-refractivity contribution < 1.29 is 9.90 Å². The van der Waals surface area contributed by atoms with E-state index in [0.29, 0.717) is 17.8 Å². The molecule has 2 aromatic heterocycles. The van der Waals surface area contributed by atoms with Crippen LogP contribution in [0.3, 0.4) is 0 Å². The van der Waals surface area contributed by atoms with Crippen molar-refractivity contribution >= 4 is 23.1 Å². The molecule has 2 fully saturated rings. The van der Waals surface area contributed by atoms with E-state index in [1.807, 2.05) is 6.92 Å². The van der Waals surface area contributed by atoms with E-state index < -0.39 is 6.10 Å². The number of nitrogens with one attached hydrogen (secondary N) is 1. The van der Waals surface area contributed by atoms with Crippen molar-refractivity contribution in [1.82, 2.24) is 20.1 Å². The molecule has 1 aliphatic heterocycles. The Hall–Kier alpha value is -2.26. The van der Waals surface area contributed by atoms with Crippen LogP contribution in [0.25, 0.3) is 0 Å². The Morgan fingerprint density at radius 2 is 2.14 bits per heavy atom. The highest BCUT2D eigenvalue weighted by Gasteiger charge is 2.30. The molecule has 9 heteroatoms. The molecule has 0 radical (unpaired) electrons. The molecule has 1 amide bonds. The van der Waals surface area contributed by atoms with Crippen molar-refractivity contribution in [2.45, 2.75) is 63.6 Å². The topological polar surface area (TPSA) is 100 Å². The molecular formula is C20H27N5O3S. The van der Waals surface area contributed by atoms with Gasteiger partial charge in [0.15, 0.2) is 0 Å². The summed E-state index contributed by atoms with van der Waals surface area (Å²) in [4.78, 5) is 31.8. The fourth-order valence-electron chi connectivity index (χ4n) is 4.34. The zero-order chi connectivity index (χ0) is 20.4. The third-order valence-corrected chi connectivity index (χ3v) is 6.87. The summed E-state index contributed by atoms with van der Waals surface area (Å²) < 4.78 is 1.46. The Morgan fingerprint density at radius 1 is 1.28 bits per heavy atom. The lowest BCUT2D eigenvalue weighted by Gasteiger charge is -2.37. The Bertz CT molecular complexity index is 927. The molecule has 2 aliphatic rings. The minimum absolute atomic E-state index is 0.0949. The zero-order valence-corrected chi connectivity index (χ0v) is 17.4.